The van der Waals surface area contributed by atoms with Crippen molar-refractivity contribution in [1.82, 2.24) is 9.97 Å². The highest BCUT2D eigenvalue weighted by molar-refractivity contribution is 5.87. The van der Waals surface area contributed by atoms with Crippen molar-refractivity contribution in [2.24, 2.45) is 0 Å². The van der Waals surface area contributed by atoms with Crippen LogP contribution in [0, 0.1) is 13.8 Å². The molecule has 0 N–H and O–H groups in total. The van der Waals surface area contributed by atoms with Crippen molar-refractivity contribution < 1.29 is 4.74 Å². The highest BCUT2D eigenvalue weighted by atomic mass is 16.5. The first-order valence-corrected chi connectivity index (χ1v) is 6.56. The molecule has 0 bridgehead atoms. The molecule has 3 rings (SSSR count). The van der Waals surface area contributed by atoms with Gasteiger partial charge in [-0.2, -0.15) is 0 Å². The summed E-state index contributed by atoms with van der Waals surface area (Å²) < 4.78 is 5.25. The van der Waals surface area contributed by atoms with Crippen molar-refractivity contribution in [3.05, 3.63) is 54.0 Å². The van der Waals surface area contributed by atoms with E-state index < -0.39 is 0 Å². The fourth-order valence-corrected chi connectivity index (χ4v) is 2.37. The van der Waals surface area contributed by atoms with Crippen molar-refractivity contribution in [2.45, 2.75) is 13.8 Å². The third kappa shape index (κ3) is 2.35. The Morgan fingerprint density at radius 2 is 1.60 bits per heavy atom. The largest absolute Gasteiger partial charge is 0.497 e. The second-order valence-electron chi connectivity index (χ2n) is 4.87. The van der Waals surface area contributed by atoms with Crippen LogP contribution in [0.2, 0.25) is 0 Å². The van der Waals surface area contributed by atoms with E-state index in [0.29, 0.717) is 0 Å². The van der Waals surface area contributed by atoms with Crippen LogP contribution in [0.4, 0.5) is 0 Å². The number of hydrogen-bond acceptors (Lipinski definition) is 3. The Hall–Kier alpha value is -2.42. The Balaban J connectivity index is 2.12. The number of methoxy groups -OCH3 is 1. The average molecular weight is 264 g/mol. The molecule has 0 aliphatic heterocycles. The van der Waals surface area contributed by atoms with E-state index in [-0.39, 0.29) is 0 Å². The summed E-state index contributed by atoms with van der Waals surface area (Å²) in [7, 11) is 1.68. The highest BCUT2D eigenvalue weighted by Gasteiger charge is 2.04. The molecule has 3 heteroatoms. The second-order valence-corrected chi connectivity index (χ2v) is 4.87. The van der Waals surface area contributed by atoms with Crippen LogP contribution < -0.4 is 4.74 Å². The Kier molecular flexibility index (Phi) is 3.11. The molecular weight excluding hydrogens is 248 g/mol. The normalized spacial score (nSPS) is 10.8. The summed E-state index contributed by atoms with van der Waals surface area (Å²) in [5, 5.41) is 2.34. The number of fused-ring (bicyclic) bond motifs is 1. The maximum absolute atomic E-state index is 5.25. The van der Waals surface area contributed by atoms with Gasteiger partial charge in [0.15, 0.2) is 0 Å². The van der Waals surface area contributed by atoms with Crippen molar-refractivity contribution >= 4 is 10.8 Å². The second kappa shape index (κ2) is 4.93. The molecule has 2 aromatic carbocycles. The van der Waals surface area contributed by atoms with Gasteiger partial charge in [0.1, 0.15) is 11.6 Å². The Morgan fingerprint density at radius 1 is 0.850 bits per heavy atom. The molecule has 3 aromatic rings. The van der Waals surface area contributed by atoms with Crippen LogP contribution in [0.15, 0.2) is 42.5 Å². The minimum absolute atomic E-state index is 0.801. The zero-order valence-corrected chi connectivity index (χ0v) is 11.8. The van der Waals surface area contributed by atoms with Crippen LogP contribution in [0.3, 0.4) is 0 Å². The van der Waals surface area contributed by atoms with E-state index in [1.165, 1.54) is 5.39 Å². The number of benzene rings is 2. The van der Waals surface area contributed by atoms with Crippen molar-refractivity contribution in [3.8, 4) is 17.0 Å². The molecule has 3 nitrogen and oxygen atoms in total. The number of aryl methyl sites for hydroxylation is 2. The van der Waals surface area contributed by atoms with Gasteiger partial charge in [-0.25, -0.2) is 9.97 Å². The van der Waals surface area contributed by atoms with Crippen molar-refractivity contribution in [2.75, 3.05) is 7.11 Å². The minimum Gasteiger partial charge on any atom is -0.497 e. The van der Waals surface area contributed by atoms with Crippen LogP contribution >= 0.6 is 0 Å². The molecule has 0 atom stereocenters. The topological polar surface area (TPSA) is 35.0 Å². The molecular formula is C17H16N2O. The number of ether oxygens (including phenoxy) is 1. The molecule has 1 aromatic heterocycles. The molecule has 0 amide bonds. The lowest BCUT2D eigenvalue weighted by Gasteiger charge is -2.07. The average Bonchev–Trinajstić information content (AvgIpc) is 2.45. The Morgan fingerprint density at radius 3 is 2.35 bits per heavy atom. The van der Waals surface area contributed by atoms with Gasteiger partial charge in [0.25, 0.3) is 0 Å². The van der Waals surface area contributed by atoms with Gasteiger partial charge < -0.3 is 4.74 Å². The lowest BCUT2D eigenvalue weighted by molar-refractivity contribution is 0.415. The summed E-state index contributed by atoms with van der Waals surface area (Å²) in [6.07, 6.45) is 0. The maximum Gasteiger partial charge on any atom is 0.126 e. The molecule has 0 aliphatic rings. The molecule has 1 heterocycles. The van der Waals surface area contributed by atoms with Gasteiger partial charge in [0.05, 0.1) is 12.8 Å². The van der Waals surface area contributed by atoms with Crippen LogP contribution in [-0.2, 0) is 0 Å². The van der Waals surface area contributed by atoms with E-state index in [2.05, 4.69) is 34.2 Å². The van der Waals surface area contributed by atoms with Gasteiger partial charge in [-0.05, 0) is 48.9 Å². The summed E-state index contributed by atoms with van der Waals surface area (Å²) in [6, 6.07) is 14.4. The first kappa shape index (κ1) is 12.6. The number of hydrogen-bond donors (Lipinski definition) is 0. The maximum atomic E-state index is 5.25. The molecule has 0 saturated carbocycles. The van der Waals surface area contributed by atoms with Gasteiger partial charge in [-0.3, -0.25) is 0 Å². The predicted octanol–water partition coefficient (Wildman–Crippen LogP) is 3.92. The summed E-state index contributed by atoms with van der Waals surface area (Å²) in [5.41, 5.74) is 3.06. The Labute approximate surface area is 118 Å². The minimum atomic E-state index is 0.801. The SMILES string of the molecule is COc1ccc2cc(-c3cc(C)nc(C)n3)ccc2c1. The molecule has 0 spiro atoms. The fourth-order valence-electron chi connectivity index (χ4n) is 2.37. The number of aromatic nitrogens is 2. The standard InChI is InChI=1S/C17H16N2O/c1-11-8-17(19-12(2)18-11)15-5-4-14-10-16(20-3)7-6-13(14)9-15/h4-10H,1-3H3. The van der Waals surface area contributed by atoms with E-state index >= 15 is 0 Å². The third-order valence-corrected chi connectivity index (χ3v) is 3.31. The molecule has 100 valence electrons. The lowest BCUT2D eigenvalue weighted by atomic mass is 10.0. The quantitative estimate of drug-likeness (QED) is 0.703. The molecule has 0 aliphatic carbocycles. The molecule has 0 fully saturated rings. The molecule has 0 radical (unpaired) electrons. The summed E-state index contributed by atoms with van der Waals surface area (Å²) >= 11 is 0. The molecule has 0 saturated heterocycles. The molecule has 20 heavy (non-hydrogen) atoms. The monoisotopic (exact) mass is 264 g/mol. The van der Waals surface area contributed by atoms with E-state index in [1.54, 1.807) is 7.11 Å². The van der Waals surface area contributed by atoms with Crippen LogP contribution in [-0.4, -0.2) is 17.1 Å². The fraction of sp³-hybridized carbons (Fsp3) is 0.176. The van der Waals surface area contributed by atoms with Crippen LogP contribution in [0.5, 0.6) is 5.75 Å². The first-order chi connectivity index (χ1) is 9.65. The van der Waals surface area contributed by atoms with Crippen molar-refractivity contribution in [1.29, 1.82) is 0 Å². The van der Waals surface area contributed by atoms with Crippen molar-refractivity contribution in [3.63, 3.8) is 0 Å². The van der Waals surface area contributed by atoms with Crippen LogP contribution in [0.1, 0.15) is 11.5 Å². The third-order valence-electron chi connectivity index (χ3n) is 3.31. The number of rotatable bonds is 2. The molecule has 0 unspecified atom stereocenters. The van der Waals surface area contributed by atoms with Gasteiger partial charge in [-0.15, -0.1) is 0 Å². The summed E-state index contributed by atoms with van der Waals surface area (Å²) in [5.74, 6) is 1.67. The first-order valence-electron chi connectivity index (χ1n) is 6.56. The van der Waals surface area contributed by atoms with E-state index in [9.17, 15) is 0 Å². The highest BCUT2D eigenvalue weighted by Crippen LogP contribution is 2.26. The van der Waals surface area contributed by atoms with Gasteiger partial charge >= 0.3 is 0 Å². The van der Waals surface area contributed by atoms with Gasteiger partial charge in [-0.1, -0.05) is 18.2 Å². The van der Waals surface area contributed by atoms with Gasteiger partial charge in [0.2, 0.25) is 0 Å². The number of nitrogens with zero attached hydrogens (tertiary/aromatic N) is 2. The Bertz CT molecular complexity index is 761. The zero-order chi connectivity index (χ0) is 14.1. The zero-order valence-electron chi connectivity index (χ0n) is 11.8. The van der Waals surface area contributed by atoms with Crippen LogP contribution in [0.25, 0.3) is 22.0 Å². The van der Waals surface area contributed by atoms with E-state index in [0.717, 1.165) is 33.9 Å². The van der Waals surface area contributed by atoms with E-state index in [1.807, 2.05) is 32.0 Å². The van der Waals surface area contributed by atoms with E-state index in [4.69, 9.17) is 4.74 Å². The smallest absolute Gasteiger partial charge is 0.126 e. The van der Waals surface area contributed by atoms with Gasteiger partial charge in [0, 0.05) is 11.3 Å². The summed E-state index contributed by atoms with van der Waals surface area (Å²) in [6.45, 7) is 3.91. The lowest BCUT2D eigenvalue weighted by Crippen LogP contribution is -1.93. The predicted molar refractivity (Wildman–Crippen MR) is 81.0 cm³/mol. The summed E-state index contributed by atoms with van der Waals surface area (Å²) in [4.78, 5) is 8.83.